The Hall–Kier alpha value is -0.240. The van der Waals surface area contributed by atoms with Gasteiger partial charge in [-0.1, -0.05) is 0 Å². The largest absolute Gasteiger partial charge is 0.395 e. The monoisotopic (exact) mass is 209 g/mol. The zero-order chi connectivity index (χ0) is 11.1. The molecule has 4 unspecified atom stereocenters. The van der Waals surface area contributed by atoms with Gasteiger partial charge in [-0.25, -0.2) is 0 Å². The van der Waals surface area contributed by atoms with Crippen LogP contribution in [0.3, 0.4) is 0 Å². The lowest BCUT2D eigenvalue weighted by atomic mass is 10.0. The third-order valence-corrected chi connectivity index (χ3v) is 1.88. The number of aliphatic hydroxyl groups is 5. The molecule has 0 bridgehead atoms. The molecule has 0 saturated carbocycles. The summed E-state index contributed by atoms with van der Waals surface area (Å²) in [6.45, 7) is 1.60. The highest BCUT2D eigenvalue weighted by molar-refractivity contribution is 4.79. The number of hydrogen-bond acceptors (Lipinski definition) is 6. The lowest BCUT2D eigenvalue weighted by molar-refractivity contribution is -0.0987. The van der Waals surface area contributed by atoms with Crippen molar-refractivity contribution in [1.29, 1.82) is 0 Å². The fourth-order valence-corrected chi connectivity index (χ4v) is 0.963. The zero-order valence-electron chi connectivity index (χ0n) is 8.17. The highest BCUT2D eigenvalue weighted by atomic mass is 16.4. The Kier molecular flexibility index (Phi) is 6.98. The molecule has 0 heterocycles. The fraction of sp³-hybridized carbons (Fsp3) is 1.00. The fourth-order valence-electron chi connectivity index (χ4n) is 0.963. The van der Waals surface area contributed by atoms with E-state index in [2.05, 4.69) is 5.32 Å². The average molecular weight is 209 g/mol. The van der Waals surface area contributed by atoms with Crippen LogP contribution in [0.25, 0.3) is 0 Å². The van der Waals surface area contributed by atoms with Crippen LogP contribution in [0.5, 0.6) is 0 Å². The first kappa shape index (κ1) is 13.8. The van der Waals surface area contributed by atoms with Gasteiger partial charge in [-0.05, 0) is 6.92 Å². The molecule has 14 heavy (non-hydrogen) atoms. The quantitative estimate of drug-likeness (QED) is 0.250. The Morgan fingerprint density at radius 1 is 1.07 bits per heavy atom. The normalized spacial score (nSPS) is 20.1. The van der Waals surface area contributed by atoms with Gasteiger partial charge in [0.2, 0.25) is 0 Å². The van der Waals surface area contributed by atoms with Crippen LogP contribution in [0.2, 0.25) is 0 Å². The molecule has 0 amide bonds. The summed E-state index contributed by atoms with van der Waals surface area (Å²) in [5.41, 5.74) is 0. The van der Waals surface area contributed by atoms with Crippen LogP contribution in [0.15, 0.2) is 0 Å². The zero-order valence-corrected chi connectivity index (χ0v) is 8.17. The molecule has 0 aromatic heterocycles. The van der Waals surface area contributed by atoms with Crippen LogP contribution in [-0.2, 0) is 0 Å². The molecule has 4 atom stereocenters. The molecule has 0 fully saturated rings. The van der Waals surface area contributed by atoms with E-state index in [1.165, 1.54) is 6.92 Å². The third-order valence-electron chi connectivity index (χ3n) is 1.88. The molecule has 0 aromatic rings. The van der Waals surface area contributed by atoms with E-state index in [0.717, 1.165) is 0 Å². The molecule has 0 radical (unpaired) electrons. The van der Waals surface area contributed by atoms with Gasteiger partial charge >= 0.3 is 0 Å². The second-order valence-electron chi connectivity index (χ2n) is 3.22. The van der Waals surface area contributed by atoms with Crippen molar-refractivity contribution in [1.82, 2.24) is 5.32 Å². The minimum atomic E-state index is -1.40. The van der Waals surface area contributed by atoms with Crippen LogP contribution in [0.4, 0.5) is 0 Å². The molecule has 0 aliphatic rings. The summed E-state index contributed by atoms with van der Waals surface area (Å²) in [5, 5.41) is 47.8. The summed E-state index contributed by atoms with van der Waals surface area (Å²) in [6.07, 6.45) is -5.05. The van der Waals surface area contributed by atoms with Gasteiger partial charge < -0.3 is 30.8 Å². The van der Waals surface area contributed by atoms with E-state index in [1.807, 2.05) is 0 Å². The summed E-state index contributed by atoms with van der Waals surface area (Å²) >= 11 is 0. The van der Waals surface area contributed by atoms with Crippen molar-refractivity contribution in [3.05, 3.63) is 0 Å². The highest BCUT2D eigenvalue weighted by Crippen LogP contribution is 2.03. The topological polar surface area (TPSA) is 113 Å². The average Bonchev–Trinajstić information content (AvgIpc) is 2.15. The Morgan fingerprint density at radius 3 is 2.07 bits per heavy atom. The standard InChI is InChI=1S/C8H19NO5/c1-5(11)7(13)8(14)6(12)4-9-2-3-10/h5-14H,2-4H2,1H3. The van der Waals surface area contributed by atoms with E-state index in [-0.39, 0.29) is 13.2 Å². The van der Waals surface area contributed by atoms with Gasteiger partial charge in [0.05, 0.1) is 18.8 Å². The maximum Gasteiger partial charge on any atom is 0.109 e. The minimum absolute atomic E-state index is 0.0471. The number of aliphatic hydroxyl groups excluding tert-OH is 5. The Morgan fingerprint density at radius 2 is 1.64 bits per heavy atom. The minimum Gasteiger partial charge on any atom is -0.395 e. The van der Waals surface area contributed by atoms with Crippen LogP contribution in [-0.4, -0.2) is 69.6 Å². The van der Waals surface area contributed by atoms with Crippen LogP contribution in [0.1, 0.15) is 6.92 Å². The van der Waals surface area contributed by atoms with Crippen molar-refractivity contribution in [2.45, 2.75) is 31.3 Å². The second-order valence-corrected chi connectivity index (χ2v) is 3.22. The van der Waals surface area contributed by atoms with Crippen molar-refractivity contribution in [2.24, 2.45) is 0 Å². The first-order valence-electron chi connectivity index (χ1n) is 4.54. The van der Waals surface area contributed by atoms with Crippen molar-refractivity contribution < 1.29 is 25.5 Å². The second kappa shape index (κ2) is 7.10. The maximum atomic E-state index is 9.30. The number of rotatable bonds is 7. The van der Waals surface area contributed by atoms with Crippen LogP contribution < -0.4 is 5.32 Å². The lowest BCUT2D eigenvalue weighted by Crippen LogP contribution is -2.47. The molecular formula is C8H19NO5. The molecule has 0 rings (SSSR count). The third kappa shape index (κ3) is 4.85. The van der Waals surface area contributed by atoms with Gasteiger partial charge in [0, 0.05) is 13.1 Å². The molecule has 6 nitrogen and oxygen atoms in total. The molecule has 0 aliphatic heterocycles. The SMILES string of the molecule is CC(O)C(O)C(O)C(O)CNCCO. The number of hydrogen-bond donors (Lipinski definition) is 6. The van der Waals surface area contributed by atoms with Crippen LogP contribution >= 0.6 is 0 Å². The molecule has 0 saturated heterocycles. The first-order chi connectivity index (χ1) is 6.50. The van der Waals surface area contributed by atoms with Gasteiger partial charge in [-0.15, -0.1) is 0 Å². The lowest BCUT2D eigenvalue weighted by Gasteiger charge is -2.24. The summed E-state index contributed by atoms with van der Waals surface area (Å²) in [7, 11) is 0. The molecule has 6 heteroatoms. The first-order valence-corrected chi connectivity index (χ1v) is 4.54. The van der Waals surface area contributed by atoms with Gasteiger partial charge in [0.25, 0.3) is 0 Å². The van der Waals surface area contributed by atoms with Crippen molar-refractivity contribution in [3.8, 4) is 0 Å². The van der Waals surface area contributed by atoms with E-state index < -0.39 is 24.4 Å². The predicted molar refractivity (Wildman–Crippen MR) is 49.7 cm³/mol. The van der Waals surface area contributed by atoms with Crippen LogP contribution in [0, 0.1) is 0 Å². The smallest absolute Gasteiger partial charge is 0.109 e. The van der Waals surface area contributed by atoms with Gasteiger partial charge in [-0.2, -0.15) is 0 Å². The Bertz CT molecular complexity index is 144. The summed E-state index contributed by atoms with van der Waals surface area (Å²) in [5.74, 6) is 0. The molecule has 6 N–H and O–H groups in total. The van der Waals surface area contributed by atoms with E-state index in [0.29, 0.717) is 6.54 Å². The molecule has 86 valence electrons. The predicted octanol–water partition coefficient (Wildman–Crippen LogP) is -2.97. The summed E-state index contributed by atoms with van der Waals surface area (Å²) in [6, 6.07) is 0. The van der Waals surface area contributed by atoms with E-state index in [9.17, 15) is 15.3 Å². The van der Waals surface area contributed by atoms with Gasteiger partial charge in [0.1, 0.15) is 12.2 Å². The van der Waals surface area contributed by atoms with Gasteiger partial charge in [-0.3, -0.25) is 0 Å². The Balaban J connectivity index is 3.80. The van der Waals surface area contributed by atoms with Crippen molar-refractivity contribution in [2.75, 3.05) is 19.7 Å². The summed E-state index contributed by atoms with van der Waals surface area (Å²) < 4.78 is 0. The van der Waals surface area contributed by atoms with Crippen molar-refractivity contribution in [3.63, 3.8) is 0 Å². The Labute approximate surface area is 82.8 Å². The van der Waals surface area contributed by atoms with E-state index in [4.69, 9.17) is 10.2 Å². The van der Waals surface area contributed by atoms with Crippen molar-refractivity contribution >= 4 is 0 Å². The highest BCUT2D eigenvalue weighted by Gasteiger charge is 2.27. The van der Waals surface area contributed by atoms with E-state index >= 15 is 0 Å². The molecule has 0 aliphatic carbocycles. The summed E-state index contributed by atoms with van der Waals surface area (Å²) in [4.78, 5) is 0. The van der Waals surface area contributed by atoms with E-state index in [1.54, 1.807) is 0 Å². The molecule has 0 spiro atoms. The number of nitrogens with one attached hydrogen (secondary N) is 1. The molecular weight excluding hydrogens is 190 g/mol. The van der Waals surface area contributed by atoms with Gasteiger partial charge in [0.15, 0.2) is 0 Å². The molecule has 0 aromatic carbocycles. The maximum absolute atomic E-state index is 9.30.